The first-order valence-electron chi connectivity index (χ1n) is 23.2. The van der Waals surface area contributed by atoms with Crippen LogP contribution in [0.2, 0.25) is 0 Å². The number of aliphatic hydroxyl groups excluding tert-OH is 1. The third-order valence-corrected chi connectivity index (χ3v) is 11.8. The average molecular weight is 908 g/mol. The number of aromatic hydroxyl groups is 1. The predicted molar refractivity (Wildman–Crippen MR) is 247 cm³/mol. The van der Waals surface area contributed by atoms with Crippen LogP contribution in [-0.4, -0.2) is 126 Å². The smallest absolute Gasteiger partial charge is 0.329 e. The first-order chi connectivity index (χ1) is 31.1. The van der Waals surface area contributed by atoms with Gasteiger partial charge in [-0.15, -0.1) is 0 Å². The van der Waals surface area contributed by atoms with Crippen molar-refractivity contribution >= 4 is 41.4 Å². The Morgan fingerprint density at radius 2 is 1.48 bits per heavy atom. The topological polar surface area (TPSA) is 250 Å². The maximum atomic E-state index is 14.0. The lowest BCUT2D eigenvalue weighted by Crippen LogP contribution is -2.55. The Bertz CT molecular complexity index is 1890. The van der Waals surface area contributed by atoms with E-state index in [1.165, 1.54) is 103 Å². The third kappa shape index (κ3) is 17.4. The Morgan fingerprint density at radius 1 is 0.846 bits per heavy atom. The van der Waals surface area contributed by atoms with Gasteiger partial charge in [-0.2, -0.15) is 0 Å². The molecular weight excluding hydrogens is 835 g/mol. The summed E-state index contributed by atoms with van der Waals surface area (Å²) in [5.41, 5.74) is 7.27. The highest BCUT2D eigenvalue weighted by molar-refractivity contribution is 5.96. The highest BCUT2D eigenvalue weighted by Crippen LogP contribution is 2.34. The van der Waals surface area contributed by atoms with E-state index in [9.17, 15) is 43.8 Å². The van der Waals surface area contributed by atoms with Crippen molar-refractivity contribution in [3.8, 4) is 16.9 Å². The summed E-state index contributed by atoms with van der Waals surface area (Å²) in [6.45, 7) is 3.76. The van der Waals surface area contributed by atoms with Crippen molar-refractivity contribution in [2.75, 3.05) is 40.4 Å². The zero-order valence-electron chi connectivity index (χ0n) is 39.0. The zero-order valence-corrected chi connectivity index (χ0v) is 39.0. The monoisotopic (exact) mass is 908 g/mol. The molecule has 6 amide bonds. The van der Waals surface area contributed by atoms with Gasteiger partial charge in [0.25, 0.3) is 0 Å². The van der Waals surface area contributed by atoms with Crippen LogP contribution in [0.1, 0.15) is 128 Å². The second kappa shape index (κ2) is 28.4. The Hall–Kier alpha value is -5.55. The molecule has 65 heavy (non-hydrogen) atoms. The summed E-state index contributed by atoms with van der Waals surface area (Å²) in [5, 5.41) is 31.2. The van der Waals surface area contributed by atoms with E-state index in [2.05, 4.69) is 28.2 Å². The number of nitrogens with one attached hydrogen (secondary N) is 4. The van der Waals surface area contributed by atoms with Gasteiger partial charge in [-0.25, -0.2) is 4.79 Å². The number of nitrogens with zero attached hydrogens (tertiary/aromatic N) is 2. The highest BCUT2D eigenvalue weighted by atomic mass is 16.5. The van der Waals surface area contributed by atoms with E-state index in [0.29, 0.717) is 23.1 Å². The molecule has 0 saturated carbocycles. The number of carbonyl (C=O) groups is 7. The molecule has 1 aliphatic rings. The molecule has 0 fully saturated rings. The lowest BCUT2D eigenvalue weighted by atomic mass is 9.94. The van der Waals surface area contributed by atoms with Gasteiger partial charge in [0.1, 0.15) is 42.6 Å². The molecule has 360 valence electrons. The van der Waals surface area contributed by atoms with Crippen LogP contribution in [0.15, 0.2) is 42.5 Å². The molecule has 8 N–H and O–H groups in total. The van der Waals surface area contributed by atoms with Crippen LogP contribution in [0.3, 0.4) is 0 Å². The molecule has 0 aromatic heterocycles. The summed E-state index contributed by atoms with van der Waals surface area (Å²) in [6.07, 6.45) is 15.5. The molecular formula is C48H73N7O10. The number of unbranched alkanes of at least 4 members (excludes halogenated alkanes) is 12. The number of fused-ring (bicyclic) bond motifs is 5. The molecule has 0 aliphatic carbocycles. The lowest BCUT2D eigenvalue weighted by Gasteiger charge is -2.30. The van der Waals surface area contributed by atoms with Crippen LogP contribution in [0.4, 0.5) is 0 Å². The van der Waals surface area contributed by atoms with Crippen molar-refractivity contribution in [3.63, 3.8) is 0 Å². The third-order valence-electron chi connectivity index (χ3n) is 11.8. The molecule has 0 radical (unpaired) electrons. The van der Waals surface area contributed by atoms with E-state index in [0.717, 1.165) is 24.2 Å². The van der Waals surface area contributed by atoms with Gasteiger partial charge in [0.15, 0.2) is 0 Å². The van der Waals surface area contributed by atoms with E-state index in [-0.39, 0.29) is 43.2 Å². The van der Waals surface area contributed by atoms with Crippen LogP contribution < -0.4 is 27.0 Å². The second-order valence-corrected chi connectivity index (χ2v) is 17.0. The quantitative estimate of drug-likeness (QED) is 0.0561. The Labute approximate surface area is 384 Å². The fraction of sp³-hybridized carbons (Fsp3) is 0.604. The lowest BCUT2D eigenvalue weighted by molar-refractivity contribution is -0.148. The number of esters is 1. The molecule has 0 saturated heterocycles. The normalized spacial score (nSPS) is 17.1. The van der Waals surface area contributed by atoms with Crippen LogP contribution in [0.5, 0.6) is 5.75 Å². The van der Waals surface area contributed by atoms with Crippen molar-refractivity contribution in [1.29, 1.82) is 0 Å². The summed E-state index contributed by atoms with van der Waals surface area (Å²) in [6, 6.07) is 5.17. The molecule has 1 aliphatic heterocycles. The van der Waals surface area contributed by atoms with Crippen molar-refractivity contribution in [2.24, 2.45) is 5.73 Å². The SMILES string of the molecule is CCCCCCCCCCCCCCCC(=O)N(C)[C@H](CO)C(=O)N[C@H](C)C(=O)NCC(=O)N(C)[C@@H]1C(=O)N[C@@H](C)C(=O)N[C@H](C(=O)OCCN)Cc2cccc(c2)-c2cc1ccc2O. The number of hydrogen-bond acceptors (Lipinski definition) is 11. The standard InChI is InChI=1S/C48H73N7O10/c1-6-7-8-9-10-11-12-13-14-15-16-17-18-22-41(58)54(4)39(31-56)46(62)51-32(2)44(60)50-30-42(59)55(5)43-36-23-24-40(57)37(29-36)35-21-19-20-34(27-35)28-38(48(64)65-26-25-49)53-45(61)33(3)52-47(43)63/h19-21,23-24,27,29,32-33,38-39,43,56-57H,6-18,22,25-26,28,30-31,49H2,1-5H3,(H,50,60)(H,51,62)(H,52,63)(H,53,61)/t32-,33+,38+,39-,43+/m1/s1. The van der Waals surface area contributed by atoms with Gasteiger partial charge in [-0.3, -0.25) is 28.8 Å². The predicted octanol–water partition coefficient (Wildman–Crippen LogP) is 3.53. The van der Waals surface area contributed by atoms with Gasteiger partial charge in [0.2, 0.25) is 35.4 Å². The molecule has 17 nitrogen and oxygen atoms in total. The van der Waals surface area contributed by atoms with Crippen LogP contribution in [-0.2, 0) is 44.7 Å². The van der Waals surface area contributed by atoms with Crippen molar-refractivity contribution < 1.29 is 48.5 Å². The van der Waals surface area contributed by atoms with Gasteiger partial charge in [0, 0.05) is 39.0 Å². The van der Waals surface area contributed by atoms with Gasteiger partial charge in [0.05, 0.1) is 13.2 Å². The minimum atomic E-state index is -1.37. The van der Waals surface area contributed by atoms with Crippen molar-refractivity contribution in [2.45, 2.75) is 147 Å². The van der Waals surface area contributed by atoms with E-state index in [4.69, 9.17) is 10.5 Å². The summed E-state index contributed by atoms with van der Waals surface area (Å²) in [5.74, 6) is -4.83. The number of hydrogen-bond donors (Lipinski definition) is 7. The molecule has 2 aromatic carbocycles. The van der Waals surface area contributed by atoms with Gasteiger partial charge >= 0.3 is 5.97 Å². The number of phenolic OH excluding ortho intramolecular Hbond substituents is 1. The Morgan fingerprint density at radius 3 is 2.09 bits per heavy atom. The van der Waals surface area contributed by atoms with Crippen molar-refractivity contribution in [3.05, 3.63) is 53.6 Å². The van der Waals surface area contributed by atoms with Crippen LogP contribution in [0.25, 0.3) is 11.1 Å². The number of aliphatic hydroxyl groups is 1. The van der Waals surface area contributed by atoms with Gasteiger partial charge < -0.3 is 51.8 Å². The molecule has 3 rings (SSSR count). The Kier molecular flexibility index (Phi) is 23.5. The molecule has 17 heteroatoms. The number of likely N-dealkylation sites (N-methyl/N-ethyl adjacent to an activating group) is 2. The highest BCUT2D eigenvalue weighted by Gasteiger charge is 2.34. The largest absolute Gasteiger partial charge is 0.507 e. The van der Waals surface area contributed by atoms with E-state index >= 15 is 0 Å². The summed E-state index contributed by atoms with van der Waals surface area (Å²) in [7, 11) is 2.77. The van der Waals surface area contributed by atoms with E-state index in [1.54, 1.807) is 30.3 Å². The fourth-order valence-corrected chi connectivity index (χ4v) is 7.70. The second-order valence-electron chi connectivity index (χ2n) is 17.0. The molecule has 5 atom stereocenters. The number of benzene rings is 2. The molecule has 0 spiro atoms. The summed E-state index contributed by atoms with van der Waals surface area (Å²) < 4.78 is 5.22. The van der Waals surface area contributed by atoms with E-state index < -0.39 is 78.9 Å². The number of ether oxygens (including phenoxy) is 1. The number of rotatable bonds is 25. The van der Waals surface area contributed by atoms with Gasteiger partial charge in [-0.05, 0) is 49.1 Å². The first-order valence-corrected chi connectivity index (χ1v) is 23.2. The number of phenols is 1. The zero-order chi connectivity index (χ0) is 47.9. The molecule has 1 heterocycles. The molecule has 4 bridgehead atoms. The van der Waals surface area contributed by atoms with Crippen LogP contribution >= 0.6 is 0 Å². The van der Waals surface area contributed by atoms with Crippen molar-refractivity contribution in [1.82, 2.24) is 31.1 Å². The minimum absolute atomic E-state index is 0.0380. The maximum Gasteiger partial charge on any atom is 0.329 e. The Balaban J connectivity index is 1.60. The van der Waals surface area contributed by atoms with Crippen LogP contribution in [0, 0.1) is 0 Å². The minimum Gasteiger partial charge on any atom is -0.507 e. The number of nitrogens with two attached hydrogens (primary N) is 1. The number of amides is 6. The summed E-state index contributed by atoms with van der Waals surface area (Å²) in [4.78, 5) is 95.6. The van der Waals surface area contributed by atoms with Gasteiger partial charge in [-0.1, -0.05) is 114 Å². The average Bonchev–Trinajstić information content (AvgIpc) is 3.28. The molecule has 2 aromatic rings. The van der Waals surface area contributed by atoms with E-state index in [1.807, 2.05) is 0 Å². The number of carbonyl (C=O) groups excluding carboxylic acids is 7. The first kappa shape index (κ1) is 53.8. The molecule has 0 unspecified atom stereocenters. The maximum absolute atomic E-state index is 14.0. The summed E-state index contributed by atoms with van der Waals surface area (Å²) >= 11 is 0. The fourth-order valence-electron chi connectivity index (χ4n) is 7.70.